The summed E-state index contributed by atoms with van der Waals surface area (Å²) in [5.41, 5.74) is -0.656. The minimum absolute atomic E-state index is 0.0248. The predicted molar refractivity (Wildman–Crippen MR) is 101 cm³/mol. The largest absolute Gasteiger partial charge is 0.338 e. The van der Waals surface area contributed by atoms with Crippen molar-refractivity contribution in [1.29, 1.82) is 0 Å². The van der Waals surface area contributed by atoms with Gasteiger partial charge in [-0.05, 0) is 18.9 Å². The first kappa shape index (κ1) is 18.2. The zero-order valence-electron chi connectivity index (χ0n) is 15.8. The van der Waals surface area contributed by atoms with E-state index in [1.54, 1.807) is 12.4 Å². The Bertz CT molecular complexity index is 666. The number of amides is 3. The summed E-state index contributed by atoms with van der Waals surface area (Å²) in [6, 6.07) is 1.58. The number of piperazine rings is 1. The molecule has 1 aromatic heterocycles. The van der Waals surface area contributed by atoms with Crippen LogP contribution in [0.5, 0.6) is 0 Å². The molecule has 1 aliphatic carbocycles. The Morgan fingerprint density at radius 2 is 1.56 bits per heavy atom. The van der Waals surface area contributed by atoms with E-state index in [1.165, 1.54) is 11.3 Å². The van der Waals surface area contributed by atoms with Crippen molar-refractivity contribution in [3.8, 4) is 0 Å². The average Bonchev–Trinajstić information content (AvgIpc) is 2.91. The Morgan fingerprint density at radius 3 is 2.22 bits per heavy atom. The molecule has 3 fully saturated rings. The zero-order chi connectivity index (χ0) is 18.7. The average molecular weight is 372 g/mol. The van der Waals surface area contributed by atoms with Gasteiger partial charge in [-0.1, -0.05) is 32.1 Å². The van der Waals surface area contributed by atoms with Crippen LogP contribution in [0.4, 0.5) is 10.7 Å². The molecule has 2 saturated heterocycles. The van der Waals surface area contributed by atoms with E-state index < -0.39 is 5.54 Å². The van der Waals surface area contributed by atoms with E-state index in [-0.39, 0.29) is 11.9 Å². The number of carbonyl (C=O) groups is 2. The van der Waals surface area contributed by atoms with E-state index in [0.717, 1.165) is 70.7 Å². The molecule has 27 heavy (non-hydrogen) atoms. The highest BCUT2D eigenvalue weighted by Crippen LogP contribution is 2.32. The number of anilines is 1. The van der Waals surface area contributed by atoms with Crippen LogP contribution in [0, 0.1) is 0 Å². The van der Waals surface area contributed by atoms with Crippen LogP contribution in [0.15, 0.2) is 18.5 Å². The second-order valence-electron chi connectivity index (χ2n) is 7.81. The summed E-state index contributed by atoms with van der Waals surface area (Å²) >= 11 is 0. The molecule has 1 aromatic rings. The maximum absolute atomic E-state index is 13.1. The minimum atomic E-state index is -0.656. The van der Waals surface area contributed by atoms with Gasteiger partial charge in [0.2, 0.25) is 5.95 Å². The summed E-state index contributed by atoms with van der Waals surface area (Å²) < 4.78 is 0. The highest BCUT2D eigenvalue weighted by Gasteiger charge is 2.50. The number of aromatic nitrogens is 2. The second-order valence-corrected chi connectivity index (χ2v) is 7.81. The van der Waals surface area contributed by atoms with Crippen molar-refractivity contribution in [2.75, 3.05) is 37.7 Å². The van der Waals surface area contributed by atoms with Gasteiger partial charge >= 0.3 is 6.03 Å². The van der Waals surface area contributed by atoms with Crippen molar-refractivity contribution in [2.24, 2.45) is 0 Å². The molecule has 1 saturated carbocycles. The maximum Gasteiger partial charge on any atom is 0.326 e. The number of hydrogen-bond acceptors (Lipinski definition) is 6. The first-order valence-electron chi connectivity index (χ1n) is 10.1. The van der Waals surface area contributed by atoms with E-state index in [1.807, 2.05) is 6.07 Å². The van der Waals surface area contributed by atoms with Crippen molar-refractivity contribution in [3.63, 3.8) is 0 Å². The second kappa shape index (κ2) is 7.80. The van der Waals surface area contributed by atoms with Crippen molar-refractivity contribution < 1.29 is 9.59 Å². The highest BCUT2D eigenvalue weighted by molar-refractivity contribution is 6.07. The molecule has 0 aromatic carbocycles. The van der Waals surface area contributed by atoms with Gasteiger partial charge in [0.15, 0.2) is 0 Å². The first-order chi connectivity index (χ1) is 13.2. The van der Waals surface area contributed by atoms with Crippen LogP contribution >= 0.6 is 0 Å². The van der Waals surface area contributed by atoms with E-state index in [2.05, 4.69) is 25.1 Å². The van der Waals surface area contributed by atoms with Gasteiger partial charge in [-0.15, -0.1) is 0 Å². The topological polar surface area (TPSA) is 81.7 Å². The summed E-state index contributed by atoms with van der Waals surface area (Å²) in [5.74, 6) is 0.712. The minimum Gasteiger partial charge on any atom is -0.338 e. The van der Waals surface area contributed by atoms with Gasteiger partial charge in [-0.25, -0.2) is 19.7 Å². The number of rotatable bonds is 3. The molecule has 1 N–H and O–H groups in total. The molecule has 146 valence electrons. The fraction of sp³-hybridized carbons (Fsp3) is 0.684. The lowest BCUT2D eigenvalue weighted by atomic mass is 9.84. The first-order valence-corrected chi connectivity index (χ1v) is 10.1. The molecule has 0 bridgehead atoms. The van der Waals surface area contributed by atoms with E-state index >= 15 is 0 Å². The Hall–Kier alpha value is -2.22. The molecular weight excluding hydrogens is 344 g/mol. The van der Waals surface area contributed by atoms with E-state index in [0.29, 0.717) is 6.67 Å². The molecule has 3 aliphatic rings. The normalized spacial score (nSPS) is 24.0. The smallest absolute Gasteiger partial charge is 0.326 e. The van der Waals surface area contributed by atoms with Crippen LogP contribution in [0.25, 0.3) is 0 Å². The van der Waals surface area contributed by atoms with Crippen LogP contribution in [0.3, 0.4) is 0 Å². The quantitative estimate of drug-likeness (QED) is 0.812. The fourth-order valence-electron chi connectivity index (χ4n) is 4.40. The fourth-order valence-corrected chi connectivity index (χ4v) is 4.40. The van der Waals surface area contributed by atoms with Gasteiger partial charge < -0.3 is 10.2 Å². The van der Waals surface area contributed by atoms with Crippen LogP contribution < -0.4 is 10.2 Å². The molecule has 1 spiro atoms. The van der Waals surface area contributed by atoms with Crippen molar-refractivity contribution in [1.82, 2.24) is 25.1 Å². The highest BCUT2D eigenvalue weighted by atomic mass is 16.2. The SMILES string of the molecule is O=C1NC2(CCCCCCC2)C(=O)N1CN1CCN(c2ncccn2)CC1. The van der Waals surface area contributed by atoms with Crippen molar-refractivity contribution >= 4 is 17.9 Å². The number of imide groups is 1. The summed E-state index contributed by atoms with van der Waals surface area (Å²) in [6.07, 6.45) is 10.6. The number of carbonyl (C=O) groups excluding carboxylic acids is 2. The lowest BCUT2D eigenvalue weighted by molar-refractivity contribution is -0.133. The summed E-state index contributed by atoms with van der Waals surface area (Å²) in [5, 5.41) is 3.04. The monoisotopic (exact) mass is 372 g/mol. The van der Waals surface area contributed by atoms with Crippen molar-refractivity contribution in [2.45, 2.75) is 50.5 Å². The van der Waals surface area contributed by atoms with Crippen LogP contribution in [0.1, 0.15) is 44.9 Å². The number of urea groups is 1. The standard InChI is InChI=1S/C19H28N6O2/c26-16-19(7-4-2-1-3-5-8-19)22-18(27)25(16)15-23-11-13-24(14-12-23)17-20-9-6-10-21-17/h6,9-10H,1-5,7-8,11-15H2,(H,22,27). The van der Waals surface area contributed by atoms with Gasteiger partial charge in [0, 0.05) is 38.6 Å². The molecule has 8 heteroatoms. The Balaban J connectivity index is 1.36. The third-order valence-electron chi connectivity index (χ3n) is 6.00. The van der Waals surface area contributed by atoms with Gasteiger partial charge in [-0.3, -0.25) is 9.69 Å². The van der Waals surface area contributed by atoms with E-state index in [4.69, 9.17) is 0 Å². The number of hydrogen-bond donors (Lipinski definition) is 1. The number of nitrogens with zero attached hydrogens (tertiary/aromatic N) is 5. The Labute approximate surface area is 159 Å². The molecule has 3 amide bonds. The van der Waals surface area contributed by atoms with E-state index in [9.17, 15) is 9.59 Å². The van der Waals surface area contributed by atoms with Crippen LogP contribution in [0.2, 0.25) is 0 Å². The third kappa shape index (κ3) is 3.76. The zero-order valence-corrected chi connectivity index (χ0v) is 15.8. The third-order valence-corrected chi connectivity index (χ3v) is 6.00. The molecular formula is C19H28N6O2. The van der Waals surface area contributed by atoms with Crippen LogP contribution in [-0.2, 0) is 4.79 Å². The molecule has 2 aliphatic heterocycles. The molecule has 0 atom stereocenters. The van der Waals surface area contributed by atoms with Gasteiger partial charge in [0.05, 0.1) is 6.67 Å². The predicted octanol–water partition coefficient (Wildman–Crippen LogP) is 1.59. The van der Waals surface area contributed by atoms with Crippen molar-refractivity contribution in [3.05, 3.63) is 18.5 Å². The molecule has 0 unspecified atom stereocenters. The van der Waals surface area contributed by atoms with Gasteiger partial charge in [0.1, 0.15) is 5.54 Å². The summed E-state index contributed by atoms with van der Waals surface area (Å²) in [7, 11) is 0. The maximum atomic E-state index is 13.1. The Kier molecular flexibility index (Phi) is 5.24. The lowest BCUT2D eigenvalue weighted by Crippen LogP contribution is -2.52. The molecule has 0 radical (unpaired) electrons. The van der Waals surface area contributed by atoms with Crippen LogP contribution in [-0.4, -0.2) is 70.1 Å². The lowest BCUT2D eigenvalue weighted by Gasteiger charge is -2.36. The summed E-state index contributed by atoms with van der Waals surface area (Å²) in [4.78, 5) is 40.0. The number of nitrogens with one attached hydrogen (secondary N) is 1. The molecule has 8 nitrogen and oxygen atoms in total. The summed E-state index contributed by atoms with van der Waals surface area (Å²) in [6.45, 7) is 3.51. The molecule has 4 rings (SSSR count). The van der Waals surface area contributed by atoms with Gasteiger partial charge in [0.25, 0.3) is 5.91 Å². The van der Waals surface area contributed by atoms with Gasteiger partial charge in [-0.2, -0.15) is 0 Å². The molecule has 3 heterocycles. The Morgan fingerprint density at radius 1 is 0.926 bits per heavy atom.